The molecule has 1 aromatic heterocycles. The molecule has 0 saturated heterocycles. The van der Waals surface area contributed by atoms with Gasteiger partial charge in [-0.1, -0.05) is 65.7 Å². The molecule has 0 bridgehead atoms. The summed E-state index contributed by atoms with van der Waals surface area (Å²) < 4.78 is 3.98. The van der Waals surface area contributed by atoms with Crippen LogP contribution in [0.15, 0.2) is 84.9 Å². The molecule has 1 heterocycles. The molecule has 0 fully saturated rings. The number of halogens is 1. The van der Waals surface area contributed by atoms with E-state index in [-0.39, 0.29) is 5.91 Å². The van der Waals surface area contributed by atoms with Crippen LogP contribution in [0, 0.1) is 19.3 Å². The van der Waals surface area contributed by atoms with E-state index in [1.54, 1.807) is 0 Å². The normalized spacial score (nSPS) is 11.1. The zero-order valence-corrected chi connectivity index (χ0v) is 21.2. The molecule has 180 valence electrons. The lowest BCUT2D eigenvalue weighted by Gasteiger charge is -2.13. The Balaban J connectivity index is 1.63. The van der Waals surface area contributed by atoms with Crippen LogP contribution in [-0.2, 0) is 11.3 Å². The van der Waals surface area contributed by atoms with E-state index in [1.165, 1.54) is 6.92 Å². The van der Waals surface area contributed by atoms with Crippen LogP contribution in [0.3, 0.4) is 0 Å². The summed E-state index contributed by atoms with van der Waals surface area (Å²) in [5, 5.41) is 12.7. The molecular weight excluding hydrogens is 468 g/mol. The van der Waals surface area contributed by atoms with Crippen molar-refractivity contribution in [2.45, 2.75) is 27.3 Å². The number of nitrogens with one attached hydrogen (secondary N) is 2. The monoisotopic (exact) mass is 494 g/mol. The fourth-order valence-electron chi connectivity index (χ4n) is 4.69. The second-order valence-electron chi connectivity index (χ2n) is 9.06. The van der Waals surface area contributed by atoms with Crippen LogP contribution in [0.5, 0.6) is 0 Å². The number of carbonyl (C=O) groups excluding carboxylic acids is 1. The number of hydrogen-bond acceptors (Lipinski definition) is 2. The van der Waals surface area contributed by atoms with Crippen molar-refractivity contribution in [3.8, 4) is 16.8 Å². The third kappa shape index (κ3) is 4.34. The molecule has 0 spiro atoms. The SMILES string of the molecule is CC(=O)Nc1ccc(C)cc1-c1ccc(-n2c(=N)n(Cc3ccccc3Cl)c3cccc(C)c32)cc1. The summed E-state index contributed by atoms with van der Waals surface area (Å²) in [4.78, 5) is 11.7. The highest BCUT2D eigenvalue weighted by Gasteiger charge is 2.16. The molecule has 2 N–H and O–H groups in total. The number of nitrogens with zero attached hydrogens (tertiary/aromatic N) is 2. The largest absolute Gasteiger partial charge is 0.326 e. The van der Waals surface area contributed by atoms with E-state index in [0.29, 0.717) is 17.2 Å². The van der Waals surface area contributed by atoms with E-state index >= 15 is 0 Å². The number of carbonyl (C=O) groups is 1. The number of amides is 1. The van der Waals surface area contributed by atoms with E-state index < -0.39 is 0 Å². The number of imidazole rings is 1. The summed E-state index contributed by atoms with van der Waals surface area (Å²) in [5.41, 5.74) is 9.17. The number of hydrogen-bond donors (Lipinski definition) is 2. The Morgan fingerprint density at radius 2 is 1.69 bits per heavy atom. The Labute approximate surface area is 215 Å². The summed E-state index contributed by atoms with van der Waals surface area (Å²) >= 11 is 6.46. The molecule has 0 aliphatic heterocycles. The van der Waals surface area contributed by atoms with Crippen molar-refractivity contribution < 1.29 is 4.79 Å². The number of fused-ring (bicyclic) bond motifs is 1. The fraction of sp³-hybridized carbons (Fsp3) is 0.133. The van der Waals surface area contributed by atoms with E-state index in [2.05, 4.69) is 30.4 Å². The van der Waals surface area contributed by atoms with Crippen LogP contribution < -0.4 is 10.9 Å². The minimum Gasteiger partial charge on any atom is -0.326 e. The van der Waals surface area contributed by atoms with Gasteiger partial charge in [-0.25, -0.2) is 0 Å². The van der Waals surface area contributed by atoms with Gasteiger partial charge in [0, 0.05) is 28.9 Å². The molecule has 5 rings (SSSR count). The first-order chi connectivity index (χ1) is 17.3. The van der Waals surface area contributed by atoms with Crippen molar-refractivity contribution in [3.63, 3.8) is 0 Å². The highest BCUT2D eigenvalue weighted by atomic mass is 35.5. The van der Waals surface area contributed by atoms with Gasteiger partial charge >= 0.3 is 0 Å². The van der Waals surface area contributed by atoms with Crippen LogP contribution in [0.2, 0.25) is 5.02 Å². The molecule has 0 saturated carbocycles. The molecule has 0 aliphatic rings. The van der Waals surface area contributed by atoms with Crippen molar-refractivity contribution in [2.75, 3.05) is 5.32 Å². The first-order valence-electron chi connectivity index (χ1n) is 11.8. The molecule has 0 unspecified atom stereocenters. The maximum absolute atomic E-state index is 11.7. The molecule has 0 atom stereocenters. The molecule has 4 aromatic carbocycles. The van der Waals surface area contributed by atoms with Gasteiger partial charge in [0.1, 0.15) is 0 Å². The Hall–Kier alpha value is -4.09. The molecule has 1 amide bonds. The minimum absolute atomic E-state index is 0.104. The Morgan fingerprint density at radius 1 is 0.944 bits per heavy atom. The fourth-order valence-corrected chi connectivity index (χ4v) is 4.88. The number of aryl methyl sites for hydroxylation is 2. The van der Waals surface area contributed by atoms with Gasteiger partial charge < -0.3 is 9.88 Å². The quantitative estimate of drug-likeness (QED) is 0.275. The zero-order chi connectivity index (χ0) is 25.4. The molecular formula is C30H27ClN4O. The van der Waals surface area contributed by atoms with Crippen molar-refractivity contribution in [3.05, 3.63) is 112 Å². The average molecular weight is 495 g/mol. The maximum Gasteiger partial charge on any atom is 0.221 e. The summed E-state index contributed by atoms with van der Waals surface area (Å²) in [5.74, 6) is -0.104. The van der Waals surface area contributed by atoms with Crippen LogP contribution in [-0.4, -0.2) is 15.0 Å². The summed E-state index contributed by atoms with van der Waals surface area (Å²) in [6.45, 7) is 6.12. The molecule has 0 aliphatic carbocycles. The standard InChI is InChI=1S/C30H27ClN4O/c1-19-11-16-27(33-21(3)36)25(17-19)22-12-14-24(15-13-22)35-29-20(2)7-6-10-28(29)34(30(35)32)18-23-8-4-5-9-26(23)31/h4-17,32H,18H2,1-3H3,(H,33,36). The van der Waals surface area contributed by atoms with Gasteiger partial charge in [0.2, 0.25) is 11.5 Å². The van der Waals surface area contributed by atoms with Gasteiger partial charge in [0.05, 0.1) is 17.6 Å². The lowest BCUT2D eigenvalue weighted by molar-refractivity contribution is -0.114. The van der Waals surface area contributed by atoms with Gasteiger partial charge in [0.25, 0.3) is 0 Å². The molecule has 6 heteroatoms. The van der Waals surface area contributed by atoms with Gasteiger partial charge in [-0.2, -0.15) is 0 Å². The van der Waals surface area contributed by atoms with Crippen LogP contribution in [0.4, 0.5) is 5.69 Å². The summed E-state index contributed by atoms with van der Waals surface area (Å²) in [6, 6.07) is 28.0. The van der Waals surface area contributed by atoms with Crippen LogP contribution in [0.25, 0.3) is 27.8 Å². The van der Waals surface area contributed by atoms with Gasteiger partial charge in [-0.3, -0.25) is 14.8 Å². The lowest BCUT2D eigenvalue weighted by Crippen LogP contribution is -2.24. The average Bonchev–Trinajstić information content (AvgIpc) is 3.14. The Bertz CT molecular complexity index is 1660. The maximum atomic E-state index is 11.7. The second kappa shape index (κ2) is 9.51. The third-order valence-electron chi connectivity index (χ3n) is 6.41. The highest BCUT2D eigenvalue weighted by Crippen LogP contribution is 2.31. The molecule has 0 radical (unpaired) electrons. The van der Waals surface area contributed by atoms with Gasteiger partial charge in [-0.15, -0.1) is 0 Å². The molecule has 5 aromatic rings. The van der Waals surface area contributed by atoms with Gasteiger partial charge in [0.15, 0.2) is 0 Å². The van der Waals surface area contributed by atoms with Crippen molar-refractivity contribution >= 4 is 34.2 Å². The Kier molecular flexibility index (Phi) is 6.25. The van der Waals surface area contributed by atoms with Gasteiger partial charge in [-0.05, 0) is 66.9 Å². The Morgan fingerprint density at radius 3 is 2.42 bits per heavy atom. The number of rotatable bonds is 5. The van der Waals surface area contributed by atoms with E-state index in [0.717, 1.165) is 50.2 Å². The topological polar surface area (TPSA) is 62.8 Å². The number of anilines is 1. The number of aromatic nitrogens is 2. The third-order valence-corrected chi connectivity index (χ3v) is 6.78. The van der Waals surface area contributed by atoms with Crippen LogP contribution in [0.1, 0.15) is 23.6 Å². The summed E-state index contributed by atoms with van der Waals surface area (Å²) in [6.07, 6.45) is 0. The molecule has 5 nitrogen and oxygen atoms in total. The summed E-state index contributed by atoms with van der Waals surface area (Å²) in [7, 11) is 0. The first-order valence-corrected chi connectivity index (χ1v) is 12.2. The van der Waals surface area contributed by atoms with Crippen molar-refractivity contribution in [1.29, 1.82) is 5.41 Å². The van der Waals surface area contributed by atoms with E-state index in [9.17, 15) is 4.79 Å². The minimum atomic E-state index is -0.104. The number of benzene rings is 4. The highest BCUT2D eigenvalue weighted by molar-refractivity contribution is 6.31. The lowest BCUT2D eigenvalue weighted by atomic mass is 10.0. The second-order valence-corrected chi connectivity index (χ2v) is 9.46. The predicted octanol–water partition coefficient (Wildman–Crippen LogP) is 6.86. The predicted molar refractivity (Wildman–Crippen MR) is 147 cm³/mol. The van der Waals surface area contributed by atoms with E-state index in [4.69, 9.17) is 17.0 Å². The van der Waals surface area contributed by atoms with E-state index in [1.807, 2.05) is 82.8 Å². The van der Waals surface area contributed by atoms with Crippen LogP contribution >= 0.6 is 11.6 Å². The number of para-hydroxylation sites is 1. The van der Waals surface area contributed by atoms with Crippen molar-refractivity contribution in [1.82, 2.24) is 9.13 Å². The van der Waals surface area contributed by atoms with Crippen molar-refractivity contribution in [2.24, 2.45) is 0 Å². The first kappa shape index (κ1) is 23.6. The zero-order valence-electron chi connectivity index (χ0n) is 20.5. The molecule has 36 heavy (non-hydrogen) atoms. The smallest absolute Gasteiger partial charge is 0.221 e.